The highest BCUT2D eigenvalue weighted by atomic mass is 15.2. The van der Waals surface area contributed by atoms with E-state index in [1.807, 2.05) is 6.92 Å². The highest BCUT2D eigenvalue weighted by Gasteiger charge is 2.25. The third kappa shape index (κ3) is 2.83. The SMILES string of the molecule is Cc1cc(CN)cc(N(C)C2CCCCC2C)n1. The highest BCUT2D eigenvalue weighted by Crippen LogP contribution is 2.30. The van der Waals surface area contributed by atoms with Crippen molar-refractivity contribution in [1.29, 1.82) is 0 Å². The van der Waals surface area contributed by atoms with Gasteiger partial charge in [0.05, 0.1) is 0 Å². The molecule has 1 aromatic rings. The molecule has 0 amide bonds. The van der Waals surface area contributed by atoms with E-state index in [1.54, 1.807) is 0 Å². The highest BCUT2D eigenvalue weighted by molar-refractivity contribution is 5.43. The van der Waals surface area contributed by atoms with Gasteiger partial charge in [-0.1, -0.05) is 19.8 Å². The molecule has 3 heteroatoms. The van der Waals surface area contributed by atoms with Crippen LogP contribution in [0.1, 0.15) is 43.9 Å². The van der Waals surface area contributed by atoms with Crippen molar-refractivity contribution in [2.75, 3.05) is 11.9 Å². The summed E-state index contributed by atoms with van der Waals surface area (Å²) in [5, 5.41) is 0. The number of nitrogens with zero attached hydrogens (tertiary/aromatic N) is 2. The molecule has 1 aromatic heterocycles. The van der Waals surface area contributed by atoms with Crippen molar-refractivity contribution in [2.24, 2.45) is 11.7 Å². The van der Waals surface area contributed by atoms with E-state index in [-0.39, 0.29) is 0 Å². The second-order valence-electron chi connectivity index (χ2n) is 5.62. The zero-order chi connectivity index (χ0) is 13.1. The van der Waals surface area contributed by atoms with Crippen LogP contribution in [0.15, 0.2) is 12.1 Å². The topological polar surface area (TPSA) is 42.1 Å². The first kappa shape index (κ1) is 13.3. The van der Waals surface area contributed by atoms with Crippen LogP contribution in [0, 0.1) is 12.8 Å². The van der Waals surface area contributed by atoms with Gasteiger partial charge in [-0.3, -0.25) is 0 Å². The molecule has 0 spiro atoms. The van der Waals surface area contributed by atoms with E-state index in [0.29, 0.717) is 12.6 Å². The Labute approximate surface area is 110 Å². The Morgan fingerprint density at radius 2 is 2.06 bits per heavy atom. The smallest absolute Gasteiger partial charge is 0.129 e. The summed E-state index contributed by atoms with van der Waals surface area (Å²) in [6, 6.07) is 4.83. The lowest BCUT2D eigenvalue weighted by Crippen LogP contribution is -2.39. The van der Waals surface area contributed by atoms with Crippen LogP contribution in [0.4, 0.5) is 5.82 Å². The average molecular weight is 247 g/mol. The lowest BCUT2D eigenvalue weighted by atomic mass is 9.85. The fraction of sp³-hybridized carbons (Fsp3) is 0.667. The molecule has 18 heavy (non-hydrogen) atoms. The predicted octanol–water partition coefficient (Wildman–Crippen LogP) is 2.86. The second-order valence-corrected chi connectivity index (χ2v) is 5.62. The van der Waals surface area contributed by atoms with Gasteiger partial charge in [0.2, 0.25) is 0 Å². The second kappa shape index (κ2) is 5.70. The fourth-order valence-corrected chi connectivity index (χ4v) is 3.06. The maximum absolute atomic E-state index is 5.75. The van der Waals surface area contributed by atoms with Crippen molar-refractivity contribution in [3.05, 3.63) is 23.4 Å². The number of nitrogens with two attached hydrogens (primary N) is 1. The summed E-state index contributed by atoms with van der Waals surface area (Å²) < 4.78 is 0. The van der Waals surface area contributed by atoms with Gasteiger partial charge in [0.15, 0.2) is 0 Å². The van der Waals surface area contributed by atoms with Crippen molar-refractivity contribution in [3.8, 4) is 0 Å². The average Bonchev–Trinajstić information content (AvgIpc) is 2.37. The van der Waals surface area contributed by atoms with Gasteiger partial charge in [-0.25, -0.2) is 4.98 Å². The first-order valence-electron chi connectivity index (χ1n) is 7.02. The molecule has 2 rings (SSSR count). The van der Waals surface area contributed by atoms with Gasteiger partial charge in [0.1, 0.15) is 5.82 Å². The summed E-state index contributed by atoms with van der Waals surface area (Å²) in [7, 11) is 2.18. The molecule has 0 aliphatic heterocycles. The van der Waals surface area contributed by atoms with Gasteiger partial charge in [0, 0.05) is 25.3 Å². The number of pyridine rings is 1. The zero-order valence-corrected chi connectivity index (χ0v) is 11.8. The summed E-state index contributed by atoms with van der Waals surface area (Å²) in [5.74, 6) is 1.83. The van der Waals surface area contributed by atoms with Gasteiger partial charge in [-0.05, 0) is 43.4 Å². The molecule has 1 aliphatic rings. The largest absolute Gasteiger partial charge is 0.356 e. The summed E-state index contributed by atoms with van der Waals surface area (Å²) in [6.07, 6.45) is 5.34. The molecule has 0 saturated heterocycles. The lowest BCUT2D eigenvalue weighted by Gasteiger charge is -2.37. The molecular formula is C15H25N3. The van der Waals surface area contributed by atoms with Crippen LogP contribution in [-0.2, 0) is 6.54 Å². The van der Waals surface area contributed by atoms with Crippen molar-refractivity contribution >= 4 is 5.82 Å². The molecular weight excluding hydrogens is 222 g/mol. The molecule has 2 unspecified atom stereocenters. The van der Waals surface area contributed by atoms with E-state index in [4.69, 9.17) is 5.73 Å². The monoisotopic (exact) mass is 247 g/mol. The van der Waals surface area contributed by atoms with Crippen LogP contribution in [0.5, 0.6) is 0 Å². The number of hydrogen-bond acceptors (Lipinski definition) is 3. The lowest BCUT2D eigenvalue weighted by molar-refractivity contribution is 0.320. The molecule has 1 aliphatic carbocycles. The number of anilines is 1. The zero-order valence-electron chi connectivity index (χ0n) is 11.8. The Morgan fingerprint density at radius 3 is 2.72 bits per heavy atom. The Morgan fingerprint density at radius 1 is 1.33 bits per heavy atom. The summed E-state index contributed by atoms with van der Waals surface area (Å²) in [5.41, 5.74) is 7.98. The standard InChI is InChI=1S/C15H25N3/c1-11-6-4-5-7-14(11)18(3)15-9-13(10-16)8-12(2)17-15/h8-9,11,14H,4-7,10,16H2,1-3H3. The van der Waals surface area contributed by atoms with Crippen LogP contribution < -0.4 is 10.6 Å². The van der Waals surface area contributed by atoms with Crippen molar-refractivity contribution in [1.82, 2.24) is 4.98 Å². The third-order valence-corrected chi connectivity index (χ3v) is 4.16. The predicted molar refractivity (Wildman–Crippen MR) is 76.7 cm³/mol. The minimum atomic E-state index is 0.588. The van der Waals surface area contributed by atoms with E-state index in [2.05, 4.69) is 36.0 Å². The van der Waals surface area contributed by atoms with Crippen molar-refractivity contribution in [2.45, 2.75) is 52.1 Å². The van der Waals surface area contributed by atoms with Crippen LogP contribution in [0.3, 0.4) is 0 Å². The quantitative estimate of drug-likeness (QED) is 0.893. The Bertz CT molecular complexity index is 403. The Kier molecular flexibility index (Phi) is 4.23. The van der Waals surface area contributed by atoms with E-state index >= 15 is 0 Å². The van der Waals surface area contributed by atoms with Crippen LogP contribution in [-0.4, -0.2) is 18.1 Å². The number of hydrogen-bond donors (Lipinski definition) is 1. The fourth-order valence-electron chi connectivity index (χ4n) is 3.06. The maximum Gasteiger partial charge on any atom is 0.129 e. The molecule has 2 atom stereocenters. The summed E-state index contributed by atoms with van der Waals surface area (Å²) in [6.45, 7) is 4.99. The molecule has 2 N–H and O–H groups in total. The number of aromatic nitrogens is 1. The number of rotatable bonds is 3. The number of aryl methyl sites for hydroxylation is 1. The molecule has 1 saturated carbocycles. The molecule has 0 aromatic carbocycles. The van der Waals surface area contributed by atoms with Crippen molar-refractivity contribution < 1.29 is 0 Å². The molecule has 1 heterocycles. The van der Waals surface area contributed by atoms with E-state index in [1.165, 1.54) is 31.2 Å². The van der Waals surface area contributed by atoms with Gasteiger partial charge < -0.3 is 10.6 Å². The van der Waals surface area contributed by atoms with Gasteiger partial charge >= 0.3 is 0 Å². The first-order valence-corrected chi connectivity index (χ1v) is 7.02. The Balaban J connectivity index is 2.21. The maximum atomic E-state index is 5.75. The molecule has 0 bridgehead atoms. The molecule has 0 radical (unpaired) electrons. The van der Waals surface area contributed by atoms with Crippen molar-refractivity contribution in [3.63, 3.8) is 0 Å². The third-order valence-electron chi connectivity index (χ3n) is 4.16. The summed E-state index contributed by atoms with van der Waals surface area (Å²) >= 11 is 0. The minimum absolute atomic E-state index is 0.588. The molecule has 3 nitrogen and oxygen atoms in total. The van der Waals surface area contributed by atoms with Gasteiger partial charge in [-0.15, -0.1) is 0 Å². The van der Waals surface area contributed by atoms with Gasteiger partial charge in [0.25, 0.3) is 0 Å². The van der Waals surface area contributed by atoms with Gasteiger partial charge in [-0.2, -0.15) is 0 Å². The first-order chi connectivity index (χ1) is 8.61. The normalized spacial score (nSPS) is 24.0. The van der Waals surface area contributed by atoms with Crippen LogP contribution in [0.2, 0.25) is 0 Å². The van der Waals surface area contributed by atoms with E-state index in [0.717, 1.165) is 17.4 Å². The van der Waals surface area contributed by atoms with E-state index < -0.39 is 0 Å². The van der Waals surface area contributed by atoms with Crippen LogP contribution in [0.25, 0.3) is 0 Å². The minimum Gasteiger partial charge on any atom is -0.356 e. The summed E-state index contributed by atoms with van der Waals surface area (Å²) in [4.78, 5) is 7.02. The molecule has 1 fully saturated rings. The molecule has 100 valence electrons. The Hall–Kier alpha value is -1.09. The van der Waals surface area contributed by atoms with E-state index in [9.17, 15) is 0 Å². The van der Waals surface area contributed by atoms with Crippen LogP contribution >= 0.6 is 0 Å².